The minimum absolute atomic E-state index is 0.186. The summed E-state index contributed by atoms with van der Waals surface area (Å²) in [6.45, 7) is 7.46. The second-order valence-corrected chi connectivity index (χ2v) is 4.18. The first-order valence-electron chi connectivity index (χ1n) is 5.49. The molecular formula is C14H14O2. The lowest BCUT2D eigenvalue weighted by molar-refractivity contribution is 0.390. The van der Waals surface area contributed by atoms with Crippen LogP contribution in [0.4, 0.5) is 0 Å². The molecule has 2 aliphatic heterocycles. The lowest BCUT2D eigenvalue weighted by Gasteiger charge is -1.99. The minimum atomic E-state index is 0.186. The van der Waals surface area contributed by atoms with E-state index in [-0.39, 0.29) is 24.4 Å². The number of hydrogen-bond acceptors (Lipinski definition) is 2. The summed E-state index contributed by atoms with van der Waals surface area (Å²) < 4.78 is 11.0. The molecule has 1 aromatic rings. The summed E-state index contributed by atoms with van der Waals surface area (Å²) in [5.74, 6) is 0. The molecule has 0 radical (unpaired) electrons. The summed E-state index contributed by atoms with van der Waals surface area (Å²) in [6.07, 6.45) is 4.45. The number of epoxide rings is 2. The second kappa shape index (κ2) is 3.58. The summed E-state index contributed by atoms with van der Waals surface area (Å²) in [6, 6.07) is 8.38. The average molecular weight is 214 g/mol. The fourth-order valence-electron chi connectivity index (χ4n) is 2.06. The molecule has 2 nitrogen and oxygen atoms in total. The molecule has 0 aliphatic carbocycles. The maximum atomic E-state index is 5.48. The van der Waals surface area contributed by atoms with Gasteiger partial charge in [0.05, 0.1) is 0 Å². The molecule has 0 spiro atoms. The Kier molecular flexibility index (Phi) is 2.20. The molecule has 0 saturated carbocycles. The third kappa shape index (κ3) is 1.60. The largest absolute Gasteiger partial charge is 0.360 e. The van der Waals surface area contributed by atoms with Gasteiger partial charge in [-0.05, 0) is 11.1 Å². The first-order valence-corrected chi connectivity index (χ1v) is 5.49. The van der Waals surface area contributed by atoms with Crippen LogP contribution in [0.15, 0.2) is 49.6 Å². The average Bonchev–Trinajstić information content (AvgIpc) is 3.22. The molecule has 4 unspecified atom stereocenters. The zero-order valence-corrected chi connectivity index (χ0v) is 9.00. The Morgan fingerprint density at radius 3 is 1.81 bits per heavy atom. The molecule has 4 atom stereocenters. The van der Waals surface area contributed by atoms with Gasteiger partial charge >= 0.3 is 0 Å². The molecule has 2 aliphatic rings. The van der Waals surface area contributed by atoms with Crippen LogP contribution in [-0.2, 0) is 9.47 Å². The third-order valence-electron chi connectivity index (χ3n) is 3.08. The van der Waals surface area contributed by atoms with Crippen molar-refractivity contribution in [3.8, 4) is 0 Å². The van der Waals surface area contributed by atoms with Crippen LogP contribution in [0.5, 0.6) is 0 Å². The van der Waals surface area contributed by atoms with Gasteiger partial charge in [0.2, 0.25) is 0 Å². The Bertz CT molecular complexity index is 401. The van der Waals surface area contributed by atoms with Crippen molar-refractivity contribution in [3.05, 3.63) is 60.7 Å². The van der Waals surface area contributed by atoms with E-state index in [0.29, 0.717) is 0 Å². The van der Waals surface area contributed by atoms with Crippen molar-refractivity contribution in [2.45, 2.75) is 24.4 Å². The summed E-state index contributed by atoms with van der Waals surface area (Å²) >= 11 is 0. The number of rotatable bonds is 4. The zero-order chi connectivity index (χ0) is 11.1. The van der Waals surface area contributed by atoms with Crippen LogP contribution in [0.2, 0.25) is 0 Å². The Morgan fingerprint density at radius 1 is 0.938 bits per heavy atom. The molecule has 0 N–H and O–H groups in total. The molecule has 2 saturated heterocycles. The monoisotopic (exact) mass is 214 g/mol. The lowest BCUT2D eigenvalue weighted by Crippen LogP contribution is -1.89. The molecule has 82 valence electrons. The van der Waals surface area contributed by atoms with Crippen molar-refractivity contribution in [3.63, 3.8) is 0 Å². The van der Waals surface area contributed by atoms with Crippen LogP contribution < -0.4 is 0 Å². The Hall–Kier alpha value is -1.38. The summed E-state index contributed by atoms with van der Waals surface area (Å²) in [5, 5.41) is 0. The van der Waals surface area contributed by atoms with E-state index in [1.807, 2.05) is 18.2 Å². The van der Waals surface area contributed by atoms with Gasteiger partial charge in [-0.2, -0.15) is 0 Å². The minimum Gasteiger partial charge on any atom is -0.360 e. The highest BCUT2D eigenvalue weighted by Gasteiger charge is 2.40. The van der Waals surface area contributed by atoms with E-state index in [0.717, 1.165) is 0 Å². The smallest absolute Gasteiger partial charge is 0.113 e. The van der Waals surface area contributed by atoms with Crippen LogP contribution in [0.3, 0.4) is 0 Å². The summed E-state index contributed by atoms with van der Waals surface area (Å²) in [4.78, 5) is 0. The van der Waals surface area contributed by atoms with Gasteiger partial charge in [0, 0.05) is 0 Å². The number of ether oxygens (including phenoxy) is 2. The Morgan fingerprint density at radius 2 is 1.44 bits per heavy atom. The van der Waals surface area contributed by atoms with Gasteiger partial charge in [0.1, 0.15) is 24.4 Å². The number of hydrogen-bond donors (Lipinski definition) is 0. The molecule has 0 bridgehead atoms. The van der Waals surface area contributed by atoms with Gasteiger partial charge in [-0.3, -0.25) is 0 Å². The number of benzene rings is 1. The molecule has 3 rings (SSSR count). The molecule has 1 aromatic carbocycles. The van der Waals surface area contributed by atoms with Crippen molar-refractivity contribution in [2.24, 2.45) is 0 Å². The molecular weight excluding hydrogens is 200 g/mol. The van der Waals surface area contributed by atoms with Crippen LogP contribution in [0.25, 0.3) is 0 Å². The zero-order valence-electron chi connectivity index (χ0n) is 9.00. The van der Waals surface area contributed by atoms with Gasteiger partial charge in [-0.1, -0.05) is 36.4 Å². The van der Waals surface area contributed by atoms with Crippen molar-refractivity contribution in [2.75, 3.05) is 0 Å². The van der Waals surface area contributed by atoms with Crippen LogP contribution in [0.1, 0.15) is 23.3 Å². The Labute approximate surface area is 95.2 Å². The molecule has 0 amide bonds. The van der Waals surface area contributed by atoms with Crippen LogP contribution in [-0.4, -0.2) is 12.2 Å². The van der Waals surface area contributed by atoms with Gasteiger partial charge in [-0.15, -0.1) is 13.2 Å². The maximum Gasteiger partial charge on any atom is 0.113 e. The first kappa shape index (κ1) is 9.82. The van der Waals surface area contributed by atoms with Crippen molar-refractivity contribution in [1.82, 2.24) is 0 Å². The van der Waals surface area contributed by atoms with E-state index in [9.17, 15) is 0 Å². The third-order valence-corrected chi connectivity index (χ3v) is 3.08. The highest BCUT2D eigenvalue weighted by atomic mass is 16.6. The quantitative estimate of drug-likeness (QED) is 0.568. The normalized spacial score (nSPS) is 35.5. The van der Waals surface area contributed by atoms with Gasteiger partial charge in [0.25, 0.3) is 0 Å². The SMILES string of the molecule is C=CC1OC1c1cccc(C2OC2C=C)c1. The van der Waals surface area contributed by atoms with E-state index < -0.39 is 0 Å². The second-order valence-electron chi connectivity index (χ2n) is 4.18. The van der Waals surface area contributed by atoms with E-state index in [2.05, 4.69) is 31.4 Å². The first-order chi connectivity index (χ1) is 7.83. The predicted octanol–water partition coefficient (Wildman–Crippen LogP) is 2.94. The van der Waals surface area contributed by atoms with E-state index >= 15 is 0 Å². The molecule has 2 fully saturated rings. The fraction of sp³-hybridized carbons (Fsp3) is 0.286. The molecule has 2 heterocycles. The fourth-order valence-corrected chi connectivity index (χ4v) is 2.06. The van der Waals surface area contributed by atoms with E-state index in [1.54, 1.807) is 0 Å². The topological polar surface area (TPSA) is 25.1 Å². The maximum absolute atomic E-state index is 5.48. The standard InChI is InChI=1S/C14H14O2/c1-3-11-13(15-11)9-6-5-7-10(8-9)14-12(4-2)16-14/h3-8,11-14H,1-2H2. The van der Waals surface area contributed by atoms with E-state index in [1.165, 1.54) is 11.1 Å². The highest BCUT2D eigenvalue weighted by molar-refractivity contribution is 5.33. The summed E-state index contributed by atoms with van der Waals surface area (Å²) in [7, 11) is 0. The van der Waals surface area contributed by atoms with Crippen LogP contribution >= 0.6 is 0 Å². The summed E-state index contributed by atoms with van der Waals surface area (Å²) in [5.41, 5.74) is 2.42. The van der Waals surface area contributed by atoms with Gasteiger partial charge < -0.3 is 9.47 Å². The molecule has 16 heavy (non-hydrogen) atoms. The Balaban J connectivity index is 1.79. The van der Waals surface area contributed by atoms with Crippen molar-refractivity contribution >= 4 is 0 Å². The molecule has 0 aromatic heterocycles. The van der Waals surface area contributed by atoms with Crippen LogP contribution in [0, 0.1) is 0 Å². The van der Waals surface area contributed by atoms with Gasteiger partial charge in [0.15, 0.2) is 0 Å². The lowest BCUT2D eigenvalue weighted by atomic mass is 10.0. The molecule has 2 heteroatoms. The predicted molar refractivity (Wildman–Crippen MR) is 62.1 cm³/mol. The highest BCUT2D eigenvalue weighted by Crippen LogP contribution is 2.43. The van der Waals surface area contributed by atoms with Crippen molar-refractivity contribution in [1.29, 1.82) is 0 Å². The van der Waals surface area contributed by atoms with E-state index in [4.69, 9.17) is 9.47 Å². The van der Waals surface area contributed by atoms with Crippen molar-refractivity contribution < 1.29 is 9.47 Å². The van der Waals surface area contributed by atoms with Gasteiger partial charge in [-0.25, -0.2) is 0 Å².